The largest absolute Gasteiger partial charge is 0.497 e. The van der Waals surface area contributed by atoms with Crippen molar-refractivity contribution >= 4 is 11.6 Å². The van der Waals surface area contributed by atoms with E-state index in [4.69, 9.17) is 21.1 Å². The molecule has 5 nitrogen and oxygen atoms in total. The van der Waals surface area contributed by atoms with Gasteiger partial charge in [0.05, 0.1) is 19.9 Å². The molecule has 6 heteroatoms. The van der Waals surface area contributed by atoms with Crippen molar-refractivity contribution in [3.8, 4) is 17.2 Å². The smallest absolute Gasteiger partial charge is 0.271 e. The molecule has 94 valence electrons. The first-order chi connectivity index (χ1) is 8.63. The average molecular weight is 267 g/mol. The number of hydrogen-bond donors (Lipinski definition) is 0. The standard InChI is InChI=1S/C12H11ClN2O3/c1-17-9-5-8(6-10(7-9)18-2)15-12(16)4-3-11(13)14-15/h3-7H,1-2H3. The molecule has 18 heavy (non-hydrogen) atoms. The van der Waals surface area contributed by atoms with Gasteiger partial charge in [0, 0.05) is 24.3 Å². The van der Waals surface area contributed by atoms with Crippen LogP contribution < -0.4 is 15.0 Å². The van der Waals surface area contributed by atoms with Crippen molar-refractivity contribution in [3.05, 3.63) is 45.8 Å². The minimum absolute atomic E-state index is 0.233. The molecule has 2 aromatic rings. The van der Waals surface area contributed by atoms with E-state index in [1.165, 1.54) is 31.0 Å². The summed E-state index contributed by atoms with van der Waals surface area (Å²) in [5.74, 6) is 1.14. The Morgan fingerprint density at radius 3 is 2.28 bits per heavy atom. The van der Waals surface area contributed by atoms with E-state index in [9.17, 15) is 4.79 Å². The van der Waals surface area contributed by atoms with Gasteiger partial charge < -0.3 is 9.47 Å². The van der Waals surface area contributed by atoms with Crippen LogP contribution in [0.25, 0.3) is 5.69 Å². The molecule has 0 aliphatic heterocycles. The third-order valence-electron chi connectivity index (χ3n) is 2.35. The van der Waals surface area contributed by atoms with Gasteiger partial charge in [0.1, 0.15) is 16.7 Å². The number of methoxy groups -OCH3 is 2. The molecule has 1 heterocycles. The van der Waals surface area contributed by atoms with Crippen LogP contribution in [0, 0.1) is 0 Å². The van der Waals surface area contributed by atoms with Crippen LogP contribution in [-0.4, -0.2) is 24.0 Å². The predicted molar refractivity (Wildman–Crippen MR) is 67.9 cm³/mol. The Morgan fingerprint density at radius 2 is 1.72 bits per heavy atom. The second-order valence-corrected chi connectivity index (χ2v) is 3.86. The predicted octanol–water partition coefficient (Wildman–Crippen LogP) is 1.90. The van der Waals surface area contributed by atoms with Crippen LogP contribution in [0.15, 0.2) is 35.1 Å². The summed E-state index contributed by atoms with van der Waals surface area (Å²) in [6, 6.07) is 7.85. The number of ether oxygens (including phenoxy) is 2. The highest BCUT2D eigenvalue weighted by Crippen LogP contribution is 2.23. The summed E-state index contributed by atoms with van der Waals surface area (Å²) in [6.45, 7) is 0. The van der Waals surface area contributed by atoms with Gasteiger partial charge in [-0.25, -0.2) is 0 Å². The molecule has 2 rings (SSSR count). The van der Waals surface area contributed by atoms with Crippen LogP contribution in [0.4, 0.5) is 0 Å². The van der Waals surface area contributed by atoms with E-state index in [1.807, 2.05) is 0 Å². The fourth-order valence-corrected chi connectivity index (χ4v) is 1.63. The van der Waals surface area contributed by atoms with Crippen molar-refractivity contribution < 1.29 is 9.47 Å². The molecule has 0 aliphatic carbocycles. The van der Waals surface area contributed by atoms with Gasteiger partial charge in [-0.1, -0.05) is 11.6 Å². The van der Waals surface area contributed by atoms with E-state index in [0.717, 1.165) is 0 Å². The van der Waals surface area contributed by atoms with Gasteiger partial charge in [0.15, 0.2) is 0 Å². The Bertz CT molecular complexity index is 603. The molecule has 0 radical (unpaired) electrons. The summed E-state index contributed by atoms with van der Waals surface area (Å²) >= 11 is 5.78. The Balaban J connectivity index is 2.62. The van der Waals surface area contributed by atoms with Gasteiger partial charge in [0.2, 0.25) is 0 Å². The molecular weight excluding hydrogens is 256 g/mol. The van der Waals surface area contributed by atoms with Crippen LogP contribution in [0.2, 0.25) is 5.15 Å². The molecule has 1 aromatic carbocycles. The van der Waals surface area contributed by atoms with Crippen molar-refractivity contribution in [1.29, 1.82) is 0 Å². The van der Waals surface area contributed by atoms with E-state index in [2.05, 4.69) is 5.10 Å². The lowest BCUT2D eigenvalue weighted by Gasteiger charge is -2.09. The van der Waals surface area contributed by atoms with Gasteiger partial charge >= 0.3 is 0 Å². The van der Waals surface area contributed by atoms with Gasteiger partial charge in [0.25, 0.3) is 5.56 Å². The zero-order chi connectivity index (χ0) is 13.1. The number of halogens is 1. The third kappa shape index (κ3) is 2.46. The Kier molecular flexibility index (Phi) is 3.53. The second-order valence-electron chi connectivity index (χ2n) is 3.48. The lowest BCUT2D eigenvalue weighted by atomic mass is 10.3. The first-order valence-electron chi connectivity index (χ1n) is 5.13. The number of hydrogen-bond acceptors (Lipinski definition) is 4. The van der Waals surface area contributed by atoms with E-state index in [0.29, 0.717) is 17.2 Å². The summed E-state index contributed by atoms with van der Waals surface area (Å²) in [7, 11) is 3.07. The summed E-state index contributed by atoms with van der Waals surface area (Å²) in [5.41, 5.74) is 0.244. The van der Waals surface area contributed by atoms with Crippen LogP contribution in [0.3, 0.4) is 0 Å². The van der Waals surface area contributed by atoms with Crippen molar-refractivity contribution in [2.24, 2.45) is 0 Å². The second kappa shape index (κ2) is 5.10. The Labute approximate surface area is 109 Å². The van der Waals surface area contributed by atoms with Crippen LogP contribution >= 0.6 is 11.6 Å². The quantitative estimate of drug-likeness (QED) is 0.851. The summed E-state index contributed by atoms with van der Waals surface area (Å²) in [6.07, 6.45) is 0. The first kappa shape index (κ1) is 12.4. The maximum atomic E-state index is 11.7. The maximum absolute atomic E-state index is 11.7. The summed E-state index contributed by atoms with van der Waals surface area (Å²) in [5, 5.41) is 4.19. The van der Waals surface area contributed by atoms with E-state index in [1.54, 1.807) is 18.2 Å². The number of aromatic nitrogens is 2. The summed E-state index contributed by atoms with van der Waals surface area (Å²) < 4.78 is 11.5. The normalized spacial score (nSPS) is 10.2. The molecule has 0 fully saturated rings. The highest BCUT2D eigenvalue weighted by Gasteiger charge is 2.07. The first-order valence-corrected chi connectivity index (χ1v) is 5.51. The van der Waals surface area contributed by atoms with Crippen molar-refractivity contribution in [3.63, 3.8) is 0 Å². The van der Waals surface area contributed by atoms with Crippen molar-refractivity contribution in [1.82, 2.24) is 9.78 Å². The van der Waals surface area contributed by atoms with E-state index in [-0.39, 0.29) is 10.7 Å². The summed E-state index contributed by atoms with van der Waals surface area (Å²) in [4.78, 5) is 11.7. The average Bonchev–Trinajstić information content (AvgIpc) is 2.40. The molecule has 0 spiro atoms. The van der Waals surface area contributed by atoms with Crippen molar-refractivity contribution in [2.45, 2.75) is 0 Å². The Hall–Kier alpha value is -2.01. The minimum atomic E-state index is -0.283. The molecule has 0 amide bonds. The van der Waals surface area contributed by atoms with Gasteiger partial charge in [-0.15, -0.1) is 0 Å². The molecule has 0 unspecified atom stereocenters. The fourth-order valence-electron chi connectivity index (χ4n) is 1.49. The topological polar surface area (TPSA) is 53.4 Å². The highest BCUT2D eigenvalue weighted by molar-refractivity contribution is 6.29. The molecule has 0 bridgehead atoms. The fraction of sp³-hybridized carbons (Fsp3) is 0.167. The molecule has 0 aliphatic rings. The lowest BCUT2D eigenvalue weighted by Crippen LogP contribution is -2.19. The van der Waals surface area contributed by atoms with Gasteiger partial charge in [-0.2, -0.15) is 9.78 Å². The molecule has 0 saturated heterocycles. The zero-order valence-corrected chi connectivity index (χ0v) is 10.6. The van der Waals surface area contributed by atoms with Crippen molar-refractivity contribution in [2.75, 3.05) is 14.2 Å². The van der Waals surface area contributed by atoms with E-state index < -0.39 is 0 Å². The van der Waals surface area contributed by atoms with Crippen LogP contribution in [-0.2, 0) is 0 Å². The van der Waals surface area contributed by atoms with Crippen LogP contribution in [0.5, 0.6) is 11.5 Å². The number of rotatable bonds is 3. The molecule has 1 aromatic heterocycles. The molecule has 0 atom stereocenters. The van der Waals surface area contributed by atoms with Gasteiger partial charge in [-0.3, -0.25) is 4.79 Å². The Morgan fingerprint density at radius 1 is 1.11 bits per heavy atom. The number of benzene rings is 1. The number of nitrogens with zero attached hydrogens (tertiary/aromatic N) is 2. The SMILES string of the molecule is COc1cc(OC)cc(-n2nc(Cl)ccc2=O)c1. The minimum Gasteiger partial charge on any atom is -0.497 e. The molecule has 0 saturated carbocycles. The van der Waals surface area contributed by atoms with Gasteiger partial charge in [-0.05, 0) is 6.07 Å². The monoisotopic (exact) mass is 266 g/mol. The van der Waals surface area contributed by atoms with Crippen LogP contribution in [0.1, 0.15) is 0 Å². The zero-order valence-electron chi connectivity index (χ0n) is 9.88. The third-order valence-corrected chi connectivity index (χ3v) is 2.55. The maximum Gasteiger partial charge on any atom is 0.271 e. The highest BCUT2D eigenvalue weighted by atomic mass is 35.5. The lowest BCUT2D eigenvalue weighted by molar-refractivity contribution is 0.393. The molecular formula is C12H11ClN2O3. The van der Waals surface area contributed by atoms with E-state index >= 15 is 0 Å². The molecule has 0 N–H and O–H groups in total.